The van der Waals surface area contributed by atoms with Gasteiger partial charge >= 0.3 is 6.36 Å². The average molecular weight is 566 g/mol. The zero-order chi connectivity index (χ0) is 27.7. The van der Waals surface area contributed by atoms with Gasteiger partial charge in [0.25, 0.3) is 0 Å². The van der Waals surface area contributed by atoms with E-state index in [0.29, 0.717) is 22.7 Å². The molecule has 0 radical (unpaired) electrons. The molecule has 3 aromatic carbocycles. The lowest BCUT2D eigenvalue weighted by Crippen LogP contribution is -2.18. The number of sulfone groups is 1. The second-order valence-corrected chi connectivity index (χ2v) is 12.5. The number of thioether (sulfide) groups is 1. The minimum Gasteiger partial charge on any atom is -0.507 e. The summed E-state index contributed by atoms with van der Waals surface area (Å²) in [6.07, 6.45) is -1.94. The summed E-state index contributed by atoms with van der Waals surface area (Å²) in [7, 11) is -3.65. The molecule has 0 heterocycles. The molecule has 0 saturated heterocycles. The lowest BCUT2D eigenvalue weighted by Gasteiger charge is -2.19. The quantitative estimate of drug-likeness (QED) is 0.284. The van der Waals surface area contributed by atoms with Crippen LogP contribution in [0.2, 0.25) is 0 Å². The van der Waals surface area contributed by atoms with Gasteiger partial charge in [-0.3, -0.25) is 4.79 Å². The van der Waals surface area contributed by atoms with Crippen molar-refractivity contribution in [1.82, 2.24) is 0 Å². The molecule has 1 aliphatic carbocycles. The molecule has 0 aliphatic heterocycles. The number of phenolic OH excluding ortho intramolecular Hbond substituents is 1. The number of rotatable bonds is 9. The highest BCUT2D eigenvalue weighted by Crippen LogP contribution is 2.49. The van der Waals surface area contributed by atoms with Gasteiger partial charge in [0, 0.05) is 27.7 Å². The van der Waals surface area contributed by atoms with E-state index >= 15 is 0 Å². The first-order valence-electron chi connectivity index (χ1n) is 11.8. The maximum absolute atomic E-state index is 12.9. The van der Waals surface area contributed by atoms with Gasteiger partial charge in [-0.05, 0) is 73.2 Å². The molecule has 1 saturated carbocycles. The van der Waals surface area contributed by atoms with Crippen molar-refractivity contribution in [2.75, 3.05) is 11.6 Å². The lowest BCUT2D eigenvalue weighted by atomic mass is 10.1. The van der Waals surface area contributed by atoms with Crippen LogP contribution in [0.25, 0.3) is 0 Å². The molecule has 1 atom stereocenters. The van der Waals surface area contributed by atoms with Gasteiger partial charge in [-0.1, -0.05) is 24.3 Å². The molecule has 1 fully saturated rings. The molecule has 2 N–H and O–H groups in total. The van der Waals surface area contributed by atoms with Gasteiger partial charge in [-0.25, -0.2) is 8.42 Å². The number of hydrogen-bond acceptors (Lipinski definition) is 6. The van der Waals surface area contributed by atoms with Crippen molar-refractivity contribution in [1.29, 1.82) is 0 Å². The number of alkyl halides is 3. The van der Waals surface area contributed by atoms with Crippen molar-refractivity contribution in [3.05, 3.63) is 77.4 Å². The molecule has 11 heteroatoms. The fraction of sp³-hybridized carbons (Fsp3) is 0.296. The summed E-state index contributed by atoms with van der Waals surface area (Å²) in [5, 5.41) is 12.3. The number of ether oxygens (including phenoxy) is 1. The van der Waals surface area contributed by atoms with Crippen LogP contribution in [-0.4, -0.2) is 32.0 Å². The Morgan fingerprint density at radius 3 is 2.50 bits per heavy atom. The number of nitrogens with one attached hydrogen (secondary N) is 1. The summed E-state index contributed by atoms with van der Waals surface area (Å²) < 4.78 is 66.5. The molecule has 0 spiro atoms. The maximum atomic E-state index is 12.9. The number of carbonyl (C=O) groups excluding carboxylic acids is 1. The van der Waals surface area contributed by atoms with E-state index in [1.807, 2.05) is 19.1 Å². The zero-order valence-electron chi connectivity index (χ0n) is 20.6. The van der Waals surface area contributed by atoms with E-state index in [2.05, 4.69) is 10.1 Å². The van der Waals surface area contributed by atoms with E-state index in [4.69, 9.17) is 0 Å². The first-order chi connectivity index (χ1) is 17.8. The van der Waals surface area contributed by atoms with Crippen LogP contribution in [0.5, 0.6) is 11.5 Å². The van der Waals surface area contributed by atoms with Gasteiger partial charge in [0.15, 0.2) is 9.84 Å². The summed E-state index contributed by atoms with van der Waals surface area (Å²) in [6, 6.07) is 15.5. The predicted octanol–water partition coefficient (Wildman–Crippen LogP) is 6.61. The van der Waals surface area contributed by atoms with Crippen LogP contribution in [0, 0.1) is 0 Å². The summed E-state index contributed by atoms with van der Waals surface area (Å²) in [5.41, 5.74) is 2.44. The Hall–Kier alpha value is -3.18. The van der Waals surface area contributed by atoms with Gasteiger partial charge in [0.2, 0.25) is 5.91 Å². The van der Waals surface area contributed by atoms with Crippen molar-refractivity contribution in [3.8, 4) is 11.5 Å². The molecule has 0 aromatic heterocycles. The number of halogens is 3. The summed E-state index contributed by atoms with van der Waals surface area (Å²) in [5.74, 6) is -0.660. The van der Waals surface area contributed by atoms with Gasteiger partial charge < -0.3 is 15.2 Å². The Morgan fingerprint density at radius 1 is 1.13 bits per heavy atom. The Bertz CT molecular complexity index is 1450. The van der Waals surface area contributed by atoms with Gasteiger partial charge in [-0.15, -0.1) is 24.9 Å². The summed E-state index contributed by atoms with van der Waals surface area (Å²) >= 11 is 1.43. The van der Waals surface area contributed by atoms with Crippen molar-refractivity contribution in [2.24, 2.45) is 0 Å². The van der Waals surface area contributed by atoms with E-state index in [9.17, 15) is 31.5 Å². The lowest BCUT2D eigenvalue weighted by molar-refractivity contribution is -0.274. The monoisotopic (exact) mass is 565 g/mol. The number of anilines is 1. The molecule has 1 amide bonds. The molecule has 1 aliphatic rings. The van der Waals surface area contributed by atoms with Crippen LogP contribution >= 0.6 is 11.8 Å². The Labute approximate surface area is 223 Å². The summed E-state index contributed by atoms with van der Waals surface area (Å²) in [4.78, 5) is 13.4. The molecular weight excluding hydrogens is 539 g/mol. The fourth-order valence-corrected chi connectivity index (χ4v) is 6.12. The number of hydrogen-bond donors (Lipinski definition) is 2. The molecule has 38 heavy (non-hydrogen) atoms. The Kier molecular flexibility index (Phi) is 7.98. The molecule has 3 aromatic rings. The highest BCUT2D eigenvalue weighted by Gasteiger charge is 2.33. The topological polar surface area (TPSA) is 92.7 Å². The summed E-state index contributed by atoms with van der Waals surface area (Å²) in [6.45, 7) is 1.82. The minimum absolute atomic E-state index is 0.0922. The number of para-hydroxylation sites is 1. The third-order valence-corrected chi connectivity index (χ3v) is 8.34. The number of amides is 1. The van der Waals surface area contributed by atoms with Crippen LogP contribution in [0.3, 0.4) is 0 Å². The van der Waals surface area contributed by atoms with Gasteiger partial charge in [-0.2, -0.15) is 0 Å². The SMILES string of the molecule is CC(Sc1ccc(NC(=O)Cc2ccc(O)c(S(C)(=O)=O)c2)cc1C1CC1)c1ccccc1OC(F)(F)F. The van der Waals surface area contributed by atoms with Crippen LogP contribution in [0.1, 0.15) is 47.6 Å². The molecule has 6 nitrogen and oxygen atoms in total. The molecule has 4 rings (SSSR count). The first-order valence-corrected chi connectivity index (χ1v) is 14.5. The van der Waals surface area contributed by atoms with E-state index in [0.717, 1.165) is 29.6 Å². The van der Waals surface area contributed by atoms with Crippen LogP contribution in [0.4, 0.5) is 18.9 Å². The van der Waals surface area contributed by atoms with Crippen molar-refractivity contribution < 1.29 is 36.2 Å². The van der Waals surface area contributed by atoms with Crippen LogP contribution in [-0.2, 0) is 21.1 Å². The van der Waals surface area contributed by atoms with E-state index < -0.39 is 16.2 Å². The highest BCUT2D eigenvalue weighted by molar-refractivity contribution is 7.99. The largest absolute Gasteiger partial charge is 0.573 e. The van der Waals surface area contributed by atoms with E-state index in [-0.39, 0.29) is 34.0 Å². The molecule has 1 unspecified atom stereocenters. The smallest absolute Gasteiger partial charge is 0.507 e. The Balaban J connectivity index is 1.49. The third kappa shape index (κ3) is 7.22. The van der Waals surface area contributed by atoms with E-state index in [1.165, 1.54) is 42.1 Å². The second-order valence-electron chi connectivity index (χ2n) is 9.17. The Morgan fingerprint density at radius 2 is 1.84 bits per heavy atom. The first kappa shape index (κ1) is 27.8. The zero-order valence-corrected chi connectivity index (χ0v) is 22.2. The standard InChI is InChI=1S/C27H26F3NO5S2/c1-16(20-5-3-4-6-23(20)36-27(28,29)30)37-24-12-10-19(15-21(24)18-8-9-18)31-26(33)14-17-7-11-22(32)25(13-17)38(2,34)35/h3-7,10-13,15-16,18,32H,8-9,14H2,1-2H3,(H,31,33). The van der Waals surface area contributed by atoms with Gasteiger partial charge in [0.05, 0.1) is 6.42 Å². The number of aromatic hydroxyl groups is 1. The fourth-order valence-electron chi connectivity index (χ4n) is 4.09. The minimum atomic E-state index is -4.79. The maximum Gasteiger partial charge on any atom is 0.573 e. The van der Waals surface area contributed by atoms with Crippen LogP contribution < -0.4 is 10.1 Å². The number of phenols is 1. The third-order valence-electron chi connectivity index (χ3n) is 5.99. The predicted molar refractivity (Wildman–Crippen MR) is 139 cm³/mol. The van der Waals surface area contributed by atoms with Crippen LogP contribution in [0.15, 0.2) is 70.5 Å². The molecule has 0 bridgehead atoms. The number of benzene rings is 3. The number of carbonyl (C=O) groups is 1. The van der Waals surface area contributed by atoms with Gasteiger partial charge in [0.1, 0.15) is 16.4 Å². The molecule has 202 valence electrons. The van der Waals surface area contributed by atoms with Crippen molar-refractivity contribution in [3.63, 3.8) is 0 Å². The van der Waals surface area contributed by atoms with E-state index in [1.54, 1.807) is 18.2 Å². The second kappa shape index (κ2) is 10.9. The van der Waals surface area contributed by atoms with Crippen molar-refractivity contribution >= 4 is 33.2 Å². The molecular formula is C27H26F3NO5S2. The highest BCUT2D eigenvalue weighted by atomic mass is 32.2. The van der Waals surface area contributed by atoms with Crippen molar-refractivity contribution in [2.45, 2.75) is 53.5 Å². The average Bonchev–Trinajstić information content (AvgIpc) is 3.65. The normalized spacial score (nSPS) is 14.7.